The average molecular weight is 242 g/mol. The van der Waals surface area contributed by atoms with Crippen molar-refractivity contribution in [1.29, 1.82) is 0 Å². The Kier molecular flexibility index (Phi) is 2.86. The Bertz CT molecular complexity index is 390. The summed E-state index contributed by atoms with van der Waals surface area (Å²) in [7, 11) is 0. The Morgan fingerprint density at radius 3 is 2.88 bits per heavy atom. The van der Waals surface area contributed by atoms with Crippen molar-refractivity contribution >= 4 is 0 Å². The molecule has 0 aromatic carbocycles. The molecule has 0 N–H and O–H groups in total. The van der Waals surface area contributed by atoms with Crippen LogP contribution < -0.4 is 0 Å². The van der Waals surface area contributed by atoms with Crippen LogP contribution in [0.25, 0.3) is 0 Å². The predicted octanol–water partition coefficient (Wildman–Crippen LogP) is 2.64. The number of aromatic nitrogens is 1. The molecule has 1 aliphatic carbocycles. The summed E-state index contributed by atoms with van der Waals surface area (Å²) in [5.41, 5.74) is 0.877. The van der Waals surface area contributed by atoms with Gasteiger partial charge in [0, 0.05) is 31.0 Å². The molecular formula is C12H16F2N2O. The molecular weight excluding hydrogens is 226 g/mol. The normalized spacial score (nSPS) is 25.9. The Labute approximate surface area is 98.8 Å². The van der Waals surface area contributed by atoms with Gasteiger partial charge in [-0.2, -0.15) is 0 Å². The molecule has 1 aromatic heterocycles. The Morgan fingerprint density at radius 2 is 2.24 bits per heavy atom. The molecule has 94 valence electrons. The van der Waals surface area contributed by atoms with Gasteiger partial charge in [-0.15, -0.1) is 0 Å². The van der Waals surface area contributed by atoms with E-state index in [4.69, 9.17) is 4.52 Å². The van der Waals surface area contributed by atoms with Gasteiger partial charge in [0.1, 0.15) is 5.76 Å². The van der Waals surface area contributed by atoms with Gasteiger partial charge in [-0.25, -0.2) is 8.78 Å². The van der Waals surface area contributed by atoms with Gasteiger partial charge in [-0.3, -0.25) is 4.90 Å². The molecule has 2 fully saturated rings. The predicted molar refractivity (Wildman–Crippen MR) is 57.9 cm³/mol. The van der Waals surface area contributed by atoms with E-state index in [0.29, 0.717) is 25.4 Å². The molecule has 0 radical (unpaired) electrons. The van der Waals surface area contributed by atoms with E-state index in [0.717, 1.165) is 18.0 Å². The summed E-state index contributed by atoms with van der Waals surface area (Å²) in [4.78, 5) is 2.03. The van der Waals surface area contributed by atoms with Crippen molar-refractivity contribution in [2.45, 2.75) is 38.2 Å². The van der Waals surface area contributed by atoms with Crippen LogP contribution in [0.4, 0.5) is 8.78 Å². The molecule has 0 spiro atoms. The smallest absolute Gasteiger partial charge is 0.242 e. The lowest BCUT2D eigenvalue weighted by molar-refractivity contribution is 0.0801. The average Bonchev–Trinajstić information content (AvgIpc) is 2.87. The second kappa shape index (κ2) is 4.37. The largest absolute Gasteiger partial charge is 0.361 e. The highest BCUT2D eigenvalue weighted by atomic mass is 19.3. The lowest BCUT2D eigenvalue weighted by Gasteiger charge is -2.13. The van der Waals surface area contributed by atoms with Gasteiger partial charge < -0.3 is 4.52 Å². The number of alkyl halides is 2. The second-order valence-corrected chi connectivity index (χ2v) is 5.11. The van der Waals surface area contributed by atoms with Crippen molar-refractivity contribution in [3.05, 3.63) is 17.5 Å². The first-order chi connectivity index (χ1) is 8.22. The van der Waals surface area contributed by atoms with Gasteiger partial charge in [-0.05, 0) is 25.8 Å². The fourth-order valence-electron chi connectivity index (χ4n) is 2.40. The quantitative estimate of drug-likeness (QED) is 0.812. The van der Waals surface area contributed by atoms with E-state index in [1.54, 1.807) is 0 Å². The van der Waals surface area contributed by atoms with Crippen molar-refractivity contribution in [3.63, 3.8) is 0 Å². The molecule has 0 amide bonds. The van der Waals surface area contributed by atoms with Gasteiger partial charge in [0.2, 0.25) is 6.43 Å². The number of rotatable bonds is 4. The molecule has 3 nitrogen and oxygen atoms in total. The zero-order chi connectivity index (χ0) is 11.8. The molecule has 1 saturated heterocycles. The number of hydrogen-bond acceptors (Lipinski definition) is 3. The van der Waals surface area contributed by atoms with E-state index >= 15 is 0 Å². The number of likely N-dealkylation sites (tertiary alicyclic amines) is 1. The van der Waals surface area contributed by atoms with Crippen LogP contribution >= 0.6 is 0 Å². The van der Waals surface area contributed by atoms with Crippen LogP contribution in [0, 0.1) is 5.92 Å². The van der Waals surface area contributed by atoms with Crippen LogP contribution in [-0.2, 0) is 6.54 Å². The van der Waals surface area contributed by atoms with Crippen LogP contribution in [0.1, 0.15) is 36.6 Å². The zero-order valence-electron chi connectivity index (χ0n) is 9.61. The van der Waals surface area contributed by atoms with Crippen LogP contribution in [-0.4, -0.2) is 29.6 Å². The van der Waals surface area contributed by atoms with E-state index < -0.39 is 12.3 Å². The topological polar surface area (TPSA) is 29.3 Å². The van der Waals surface area contributed by atoms with Crippen molar-refractivity contribution in [3.8, 4) is 0 Å². The summed E-state index contributed by atoms with van der Waals surface area (Å²) in [6.45, 7) is 1.85. The van der Waals surface area contributed by atoms with Crippen LogP contribution in [0.2, 0.25) is 0 Å². The van der Waals surface area contributed by atoms with Crippen LogP contribution in [0.5, 0.6) is 0 Å². The number of halogens is 2. The summed E-state index contributed by atoms with van der Waals surface area (Å²) in [5.74, 6) is 1.05. The summed E-state index contributed by atoms with van der Waals surface area (Å²) in [6.07, 6.45) is 0.766. The first-order valence-corrected chi connectivity index (χ1v) is 6.18. The Balaban J connectivity index is 1.56. The molecule has 2 heterocycles. The van der Waals surface area contributed by atoms with Gasteiger partial charge >= 0.3 is 0 Å². The maximum absolute atomic E-state index is 12.5. The van der Waals surface area contributed by atoms with Crippen LogP contribution in [0.3, 0.4) is 0 Å². The first-order valence-electron chi connectivity index (χ1n) is 6.18. The minimum atomic E-state index is -2.20. The number of nitrogens with zero attached hydrogens (tertiary/aromatic N) is 2. The maximum atomic E-state index is 12.5. The van der Waals surface area contributed by atoms with Crippen molar-refractivity contribution < 1.29 is 13.3 Å². The fraction of sp³-hybridized carbons (Fsp3) is 0.750. The molecule has 3 rings (SSSR count). The first kappa shape index (κ1) is 11.1. The minimum absolute atomic E-state index is 0.468. The van der Waals surface area contributed by atoms with Gasteiger partial charge in [0.15, 0.2) is 0 Å². The monoisotopic (exact) mass is 242 g/mol. The summed E-state index contributed by atoms with van der Waals surface area (Å²) in [5, 5.41) is 4.01. The van der Waals surface area contributed by atoms with E-state index in [9.17, 15) is 8.78 Å². The highest BCUT2D eigenvalue weighted by molar-refractivity contribution is 5.14. The van der Waals surface area contributed by atoms with Crippen molar-refractivity contribution in [1.82, 2.24) is 10.1 Å². The fourth-order valence-corrected chi connectivity index (χ4v) is 2.40. The molecule has 17 heavy (non-hydrogen) atoms. The third-order valence-electron chi connectivity index (χ3n) is 3.61. The third kappa shape index (κ3) is 2.49. The number of hydrogen-bond donors (Lipinski definition) is 0. The highest BCUT2D eigenvalue weighted by Crippen LogP contribution is 2.40. The highest BCUT2D eigenvalue weighted by Gasteiger charge is 2.31. The van der Waals surface area contributed by atoms with E-state index in [2.05, 4.69) is 5.16 Å². The van der Waals surface area contributed by atoms with Gasteiger partial charge in [0.05, 0.1) is 5.69 Å². The third-order valence-corrected chi connectivity index (χ3v) is 3.61. The Hall–Kier alpha value is -0.970. The molecule has 1 saturated carbocycles. The minimum Gasteiger partial charge on any atom is -0.361 e. The molecule has 1 aromatic rings. The van der Waals surface area contributed by atoms with Crippen LogP contribution in [0.15, 0.2) is 10.6 Å². The maximum Gasteiger partial charge on any atom is 0.242 e. The standard InChI is InChI=1S/C12H16F2N2O/c13-12(14)9-3-4-16(6-9)7-10-5-11(17-15-10)8-1-2-8/h5,8-9,12H,1-4,6-7H2. The summed E-state index contributed by atoms with van der Waals surface area (Å²) in [6, 6.07) is 1.98. The van der Waals surface area contributed by atoms with Crippen molar-refractivity contribution in [2.75, 3.05) is 13.1 Å². The van der Waals surface area contributed by atoms with E-state index in [1.807, 2.05) is 11.0 Å². The zero-order valence-corrected chi connectivity index (χ0v) is 9.61. The molecule has 5 heteroatoms. The molecule has 1 atom stereocenters. The molecule has 0 bridgehead atoms. The summed E-state index contributed by atoms with van der Waals surface area (Å²) >= 11 is 0. The van der Waals surface area contributed by atoms with E-state index in [1.165, 1.54) is 12.8 Å². The Morgan fingerprint density at radius 1 is 1.41 bits per heavy atom. The lowest BCUT2D eigenvalue weighted by Crippen LogP contribution is -2.22. The van der Waals surface area contributed by atoms with Crippen molar-refractivity contribution in [2.24, 2.45) is 5.92 Å². The summed E-state index contributed by atoms with van der Waals surface area (Å²) < 4.78 is 30.3. The SMILES string of the molecule is FC(F)C1CCN(Cc2cc(C3CC3)on2)C1. The van der Waals surface area contributed by atoms with Gasteiger partial charge in [-0.1, -0.05) is 5.16 Å². The van der Waals surface area contributed by atoms with E-state index in [-0.39, 0.29) is 0 Å². The van der Waals surface area contributed by atoms with Gasteiger partial charge in [0.25, 0.3) is 0 Å². The molecule has 1 unspecified atom stereocenters. The molecule has 1 aliphatic heterocycles. The molecule has 2 aliphatic rings. The lowest BCUT2D eigenvalue weighted by atomic mass is 10.1. The second-order valence-electron chi connectivity index (χ2n) is 5.11.